The van der Waals surface area contributed by atoms with Gasteiger partial charge >= 0.3 is 0 Å². The van der Waals surface area contributed by atoms with Crippen LogP contribution in [0, 0.1) is 17.8 Å². The predicted octanol–water partition coefficient (Wildman–Crippen LogP) is 2.12. The summed E-state index contributed by atoms with van der Waals surface area (Å²) in [5.41, 5.74) is 0. The van der Waals surface area contributed by atoms with Gasteiger partial charge in [-0.2, -0.15) is 0 Å². The van der Waals surface area contributed by atoms with Crippen LogP contribution in [0.15, 0.2) is 0 Å². The summed E-state index contributed by atoms with van der Waals surface area (Å²) in [5, 5.41) is 9.56. The summed E-state index contributed by atoms with van der Waals surface area (Å²) in [5.74, 6) is 2.95. The van der Waals surface area contributed by atoms with Gasteiger partial charge in [0.15, 0.2) is 0 Å². The lowest BCUT2D eigenvalue weighted by Crippen LogP contribution is -2.41. The third-order valence-electron chi connectivity index (χ3n) is 4.80. The summed E-state index contributed by atoms with van der Waals surface area (Å²) in [7, 11) is 2.16. The number of aliphatic hydroxyl groups excluding tert-OH is 1. The SMILES string of the molecule is CC(O)C(C)N(C)CC1CC2CCC1C2. The van der Waals surface area contributed by atoms with Crippen LogP contribution in [0.5, 0.6) is 0 Å². The number of fused-ring (bicyclic) bond motifs is 2. The summed E-state index contributed by atoms with van der Waals surface area (Å²) < 4.78 is 0. The average molecular weight is 211 g/mol. The number of aliphatic hydroxyl groups is 1. The van der Waals surface area contributed by atoms with Gasteiger partial charge in [-0.1, -0.05) is 6.42 Å². The van der Waals surface area contributed by atoms with Gasteiger partial charge in [-0.3, -0.25) is 0 Å². The summed E-state index contributed by atoms with van der Waals surface area (Å²) >= 11 is 0. The Hall–Kier alpha value is -0.0800. The second-order valence-electron chi connectivity index (χ2n) is 5.86. The first-order chi connectivity index (χ1) is 7.08. The van der Waals surface area contributed by atoms with Gasteiger partial charge in [-0.15, -0.1) is 0 Å². The van der Waals surface area contributed by atoms with Crippen molar-refractivity contribution < 1.29 is 5.11 Å². The third kappa shape index (κ3) is 2.36. The van der Waals surface area contributed by atoms with Crippen molar-refractivity contribution in [2.45, 2.75) is 51.7 Å². The minimum absolute atomic E-state index is 0.214. The monoisotopic (exact) mass is 211 g/mol. The van der Waals surface area contributed by atoms with Crippen LogP contribution in [0.4, 0.5) is 0 Å². The molecule has 2 aliphatic carbocycles. The fraction of sp³-hybridized carbons (Fsp3) is 1.00. The van der Waals surface area contributed by atoms with Gasteiger partial charge in [0.25, 0.3) is 0 Å². The molecule has 2 saturated carbocycles. The summed E-state index contributed by atoms with van der Waals surface area (Å²) in [4.78, 5) is 2.34. The van der Waals surface area contributed by atoms with Crippen LogP contribution in [0.1, 0.15) is 39.5 Å². The smallest absolute Gasteiger partial charge is 0.0664 e. The number of nitrogens with zero attached hydrogens (tertiary/aromatic N) is 1. The van der Waals surface area contributed by atoms with Crippen LogP contribution >= 0.6 is 0 Å². The van der Waals surface area contributed by atoms with Crippen molar-refractivity contribution in [3.8, 4) is 0 Å². The second kappa shape index (κ2) is 4.42. The Morgan fingerprint density at radius 1 is 1.27 bits per heavy atom. The lowest BCUT2D eigenvalue weighted by molar-refractivity contribution is 0.0706. The van der Waals surface area contributed by atoms with E-state index in [9.17, 15) is 5.11 Å². The van der Waals surface area contributed by atoms with Crippen LogP contribution in [-0.2, 0) is 0 Å². The van der Waals surface area contributed by atoms with E-state index in [0.29, 0.717) is 6.04 Å². The molecule has 1 N–H and O–H groups in total. The fourth-order valence-electron chi connectivity index (χ4n) is 3.50. The van der Waals surface area contributed by atoms with Crippen molar-refractivity contribution in [1.82, 2.24) is 4.90 Å². The van der Waals surface area contributed by atoms with Crippen molar-refractivity contribution in [2.75, 3.05) is 13.6 Å². The Morgan fingerprint density at radius 3 is 2.47 bits per heavy atom. The molecule has 5 unspecified atom stereocenters. The van der Waals surface area contributed by atoms with E-state index in [1.807, 2.05) is 6.92 Å². The molecule has 2 heteroatoms. The average Bonchev–Trinajstić information content (AvgIpc) is 2.77. The van der Waals surface area contributed by atoms with Crippen molar-refractivity contribution in [1.29, 1.82) is 0 Å². The van der Waals surface area contributed by atoms with E-state index in [2.05, 4.69) is 18.9 Å². The molecule has 5 atom stereocenters. The summed E-state index contributed by atoms with van der Waals surface area (Å²) in [6, 6.07) is 0.295. The molecule has 2 fully saturated rings. The minimum atomic E-state index is -0.214. The van der Waals surface area contributed by atoms with Gasteiger partial charge in [0, 0.05) is 12.6 Å². The number of rotatable bonds is 4. The van der Waals surface area contributed by atoms with Crippen molar-refractivity contribution in [3.63, 3.8) is 0 Å². The second-order valence-corrected chi connectivity index (χ2v) is 5.86. The molecule has 2 rings (SSSR count). The number of hydrogen-bond donors (Lipinski definition) is 1. The van der Waals surface area contributed by atoms with Gasteiger partial charge in [-0.05, 0) is 57.9 Å². The Balaban J connectivity index is 1.82. The standard InChI is InChI=1S/C13H25NO/c1-9(10(2)15)14(3)8-13-7-11-4-5-12(13)6-11/h9-13,15H,4-8H2,1-3H3. The van der Waals surface area contributed by atoms with Crippen molar-refractivity contribution in [3.05, 3.63) is 0 Å². The van der Waals surface area contributed by atoms with E-state index in [1.165, 1.54) is 32.2 Å². The molecule has 0 heterocycles. The molecule has 2 nitrogen and oxygen atoms in total. The van der Waals surface area contributed by atoms with Crippen LogP contribution in [-0.4, -0.2) is 35.7 Å². The number of likely N-dealkylation sites (N-methyl/N-ethyl adjacent to an activating group) is 1. The molecule has 0 amide bonds. The zero-order chi connectivity index (χ0) is 11.0. The largest absolute Gasteiger partial charge is 0.392 e. The molecule has 0 aliphatic heterocycles. The highest BCUT2D eigenvalue weighted by atomic mass is 16.3. The van der Waals surface area contributed by atoms with Crippen LogP contribution in [0.2, 0.25) is 0 Å². The minimum Gasteiger partial charge on any atom is -0.392 e. The molecule has 0 aromatic heterocycles. The van der Waals surface area contributed by atoms with Gasteiger partial charge in [0.2, 0.25) is 0 Å². The van der Waals surface area contributed by atoms with E-state index >= 15 is 0 Å². The van der Waals surface area contributed by atoms with E-state index in [0.717, 1.165) is 17.8 Å². The van der Waals surface area contributed by atoms with Crippen molar-refractivity contribution in [2.24, 2.45) is 17.8 Å². The zero-order valence-corrected chi connectivity index (χ0v) is 10.3. The molecule has 0 radical (unpaired) electrons. The number of hydrogen-bond acceptors (Lipinski definition) is 2. The quantitative estimate of drug-likeness (QED) is 0.770. The van der Waals surface area contributed by atoms with Crippen LogP contribution in [0.3, 0.4) is 0 Å². The van der Waals surface area contributed by atoms with Crippen LogP contribution < -0.4 is 0 Å². The van der Waals surface area contributed by atoms with Crippen molar-refractivity contribution >= 4 is 0 Å². The predicted molar refractivity (Wildman–Crippen MR) is 62.7 cm³/mol. The highest BCUT2D eigenvalue weighted by Crippen LogP contribution is 2.48. The van der Waals surface area contributed by atoms with Gasteiger partial charge in [0.05, 0.1) is 6.10 Å². The van der Waals surface area contributed by atoms with E-state index in [-0.39, 0.29) is 6.10 Å². The van der Waals surface area contributed by atoms with E-state index < -0.39 is 0 Å². The summed E-state index contributed by atoms with van der Waals surface area (Å²) in [6.45, 7) is 5.20. The molecular formula is C13H25NO. The molecule has 15 heavy (non-hydrogen) atoms. The molecule has 0 spiro atoms. The Kier molecular flexibility index (Phi) is 3.36. The summed E-state index contributed by atoms with van der Waals surface area (Å²) in [6.07, 6.45) is 5.67. The highest BCUT2D eigenvalue weighted by Gasteiger charge is 2.40. The maximum absolute atomic E-state index is 9.56. The Bertz CT molecular complexity index is 217. The lowest BCUT2D eigenvalue weighted by Gasteiger charge is -2.32. The third-order valence-corrected chi connectivity index (χ3v) is 4.80. The fourth-order valence-corrected chi connectivity index (χ4v) is 3.50. The molecule has 0 saturated heterocycles. The zero-order valence-electron chi connectivity index (χ0n) is 10.3. The van der Waals surface area contributed by atoms with Crippen LogP contribution in [0.25, 0.3) is 0 Å². The Labute approximate surface area is 93.7 Å². The van der Waals surface area contributed by atoms with Gasteiger partial charge < -0.3 is 10.0 Å². The van der Waals surface area contributed by atoms with E-state index in [1.54, 1.807) is 0 Å². The van der Waals surface area contributed by atoms with Gasteiger partial charge in [-0.25, -0.2) is 0 Å². The molecular weight excluding hydrogens is 186 g/mol. The normalized spacial score (nSPS) is 38.6. The van der Waals surface area contributed by atoms with Gasteiger partial charge in [0.1, 0.15) is 0 Å². The lowest BCUT2D eigenvalue weighted by atomic mass is 9.88. The molecule has 88 valence electrons. The molecule has 2 bridgehead atoms. The first kappa shape index (κ1) is 11.4. The first-order valence-electron chi connectivity index (χ1n) is 6.46. The molecule has 0 aromatic rings. The first-order valence-corrected chi connectivity index (χ1v) is 6.46. The molecule has 2 aliphatic rings. The maximum atomic E-state index is 9.56. The molecule has 0 aromatic carbocycles. The maximum Gasteiger partial charge on any atom is 0.0664 e. The Morgan fingerprint density at radius 2 is 2.00 bits per heavy atom. The highest BCUT2D eigenvalue weighted by molar-refractivity contribution is 4.91. The van der Waals surface area contributed by atoms with E-state index in [4.69, 9.17) is 0 Å². The topological polar surface area (TPSA) is 23.5 Å².